The summed E-state index contributed by atoms with van der Waals surface area (Å²) in [6.07, 6.45) is 0. The van der Waals surface area contributed by atoms with Crippen molar-refractivity contribution in [2.24, 2.45) is 0 Å². The van der Waals surface area contributed by atoms with Crippen LogP contribution in [-0.4, -0.2) is 4.98 Å². The predicted octanol–water partition coefficient (Wildman–Crippen LogP) is 4.72. The van der Waals surface area contributed by atoms with E-state index in [2.05, 4.69) is 36.8 Å². The van der Waals surface area contributed by atoms with Crippen molar-refractivity contribution in [2.75, 3.05) is 0 Å². The second-order valence-electron chi connectivity index (χ2n) is 2.99. The Kier molecular flexibility index (Phi) is 2.82. The minimum Gasteiger partial charge on any atom is -0.252 e. The number of rotatable bonds is 0. The third-order valence-electron chi connectivity index (χ3n) is 1.99. The van der Waals surface area contributed by atoms with E-state index < -0.39 is 0 Å². The summed E-state index contributed by atoms with van der Waals surface area (Å²) in [5, 5.41) is 1.67. The van der Waals surface area contributed by atoms with Gasteiger partial charge in [0.15, 0.2) is 0 Å². The molecule has 0 bridgehead atoms. The fourth-order valence-electron chi connectivity index (χ4n) is 1.29. The van der Waals surface area contributed by atoms with Crippen molar-refractivity contribution in [3.63, 3.8) is 0 Å². The van der Waals surface area contributed by atoms with Gasteiger partial charge < -0.3 is 0 Å². The predicted molar refractivity (Wildman–Crippen MR) is 66.9 cm³/mol. The molecule has 0 saturated carbocycles. The summed E-state index contributed by atoms with van der Waals surface area (Å²) in [5.41, 5.74) is 1.82. The number of benzene rings is 1. The normalized spacial score (nSPS) is 10.9. The standard InChI is InChI=1S/C10H6Br2ClN/c1-5-9(12)10(13)7-4-6(11)2-3-8(7)14-5/h2-4H,1H3. The van der Waals surface area contributed by atoms with Gasteiger partial charge in [0, 0.05) is 9.86 Å². The smallest absolute Gasteiger partial charge is 0.0721 e. The van der Waals surface area contributed by atoms with Gasteiger partial charge >= 0.3 is 0 Å². The van der Waals surface area contributed by atoms with Crippen molar-refractivity contribution < 1.29 is 0 Å². The molecule has 2 aromatic rings. The summed E-state index contributed by atoms with van der Waals surface area (Å²) in [4.78, 5) is 4.42. The van der Waals surface area contributed by atoms with Crippen LogP contribution in [-0.2, 0) is 0 Å². The second kappa shape index (κ2) is 3.80. The largest absolute Gasteiger partial charge is 0.252 e. The molecule has 2 rings (SSSR count). The van der Waals surface area contributed by atoms with E-state index in [0.717, 1.165) is 25.5 Å². The molecule has 0 aliphatic rings. The molecular weight excluding hydrogens is 329 g/mol. The molecule has 0 radical (unpaired) electrons. The lowest BCUT2D eigenvalue weighted by molar-refractivity contribution is 1.23. The van der Waals surface area contributed by atoms with Crippen LogP contribution in [0.15, 0.2) is 27.1 Å². The lowest BCUT2D eigenvalue weighted by Crippen LogP contribution is -1.87. The zero-order valence-electron chi connectivity index (χ0n) is 7.31. The third-order valence-corrected chi connectivity index (χ3v) is 4.08. The van der Waals surface area contributed by atoms with Crippen LogP contribution in [0.3, 0.4) is 0 Å². The van der Waals surface area contributed by atoms with E-state index in [4.69, 9.17) is 11.6 Å². The molecule has 0 saturated heterocycles. The Hall–Kier alpha value is -0.120. The number of pyridine rings is 1. The number of hydrogen-bond acceptors (Lipinski definition) is 1. The van der Waals surface area contributed by atoms with Gasteiger partial charge in [0.05, 0.1) is 20.7 Å². The summed E-state index contributed by atoms with van der Waals surface area (Å²) in [6.45, 7) is 1.93. The molecule has 0 amide bonds. The van der Waals surface area contributed by atoms with Gasteiger partial charge in [-0.1, -0.05) is 27.5 Å². The molecular formula is C10H6Br2ClN. The molecule has 0 aliphatic heterocycles. The number of hydrogen-bond donors (Lipinski definition) is 0. The lowest BCUT2D eigenvalue weighted by atomic mass is 10.2. The second-order valence-corrected chi connectivity index (χ2v) is 5.07. The molecule has 1 heterocycles. The summed E-state index contributed by atoms with van der Waals surface area (Å²) in [7, 11) is 0. The van der Waals surface area contributed by atoms with Crippen molar-refractivity contribution in [1.29, 1.82) is 0 Å². The van der Waals surface area contributed by atoms with Crippen LogP contribution in [0.5, 0.6) is 0 Å². The van der Waals surface area contributed by atoms with Crippen LogP contribution < -0.4 is 0 Å². The fraction of sp³-hybridized carbons (Fsp3) is 0.100. The third kappa shape index (κ3) is 1.69. The molecule has 1 aromatic carbocycles. The molecule has 72 valence electrons. The van der Waals surface area contributed by atoms with Gasteiger partial charge in [-0.25, -0.2) is 0 Å². The van der Waals surface area contributed by atoms with Crippen molar-refractivity contribution in [3.8, 4) is 0 Å². The Morgan fingerprint density at radius 1 is 1.29 bits per heavy atom. The Bertz CT molecular complexity index is 511. The first-order valence-corrected chi connectivity index (χ1v) is 5.97. The molecule has 0 aliphatic carbocycles. The van der Waals surface area contributed by atoms with E-state index in [-0.39, 0.29) is 0 Å². The molecule has 1 nitrogen and oxygen atoms in total. The Labute approximate surface area is 104 Å². The maximum Gasteiger partial charge on any atom is 0.0721 e. The monoisotopic (exact) mass is 333 g/mol. The Morgan fingerprint density at radius 2 is 2.00 bits per heavy atom. The van der Waals surface area contributed by atoms with Crippen LogP contribution >= 0.6 is 43.5 Å². The van der Waals surface area contributed by atoms with Crippen molar-refractivity contribution in [1.82, 2.24) is 4.98 Å². The van der Waals surface area contributed by atoms with E-state index in [1.165, 1.54) is 0 Å². The SMILES string of the molecule is Cc1nc2ccc(Br)cc2c(Cl)c1Br. The van der Waals surface area contributed by atoms with Crippen molar-refractivity contribution >= 4 is 54.4 Å². The topological polar surface area (TPSA) is 12.9 Å². The van der Waals surface area contributed by atoms with Gasteiger partial charge in [0.2, 0.25) is 0 Å². The Balaban J connectivity index is 2.92. The number of halogens is 3. The highest BCUT2D eigenvalue weighted by Gasteiger charge is 2.08. The van der Waals surface area contributed by atoms with E-state index in [1.807, 2.05) is 25.1 Å². The molecule has 1 aromatic heterocycles. The zero-order chi connectivity index (χ0) is 10.3. The molecule has 0 spiro atoms. The molecule has 0 unspecified atom stereocenters. The summed E-state index contributed by atoms with van der Waals surface area (Å²) in [5.74, 6) is 0. The Morgan fingerprint density at radius 3 is 2.71 bits per heavy atom. The van der Waals surface area contributed by atoms with E-state index >= 15 is 0 Å². The maximum atomic E-state index is 6.20. The van der Waals surface area contributed by atoms with Gasteiger partial charge in [-0.3, -0.25) is 4.98 Å². The van der Waals surface area contributed by atoms with Crippen LogP contribution in [0.25, 0.3) is 10.9 Å². The number of nitrogens with zero attached hydrogens (tertiary/aromatic N) is 1. The molecule has 0 atom stereocenters. The molecule has 4 heteroatoms. The van der Waals surface area contributed by atoms with Crippen LogP contribution in [0, 0.1) is 6.92 Å². The molecule has 0 N–H and O–H groups in total. The number of fused-ring (bicyclic) bond motifs is 1. The van der Waals surface area contributed by atoms with Crippen molar-refractivity contribution in [2.45, 2.75) is 6.92 Å². The summed E-state index contributed by atoms with van der Waals surface area (Å²) in [6, 6.07) is 5.87. The lowest BCUT2D eigenvalue weighted by Gasteiger charge is -2.05. The number of aryl methyl sites for hydroxylation is 1. The van der Waals surface area contributed by atoms with Gasteiger partial charge in [-0.05, 0) is 41.1 Å². The minimum atomic E-state index is 0.716. The average Bonchev–Trinajstić information content (AvgIpc) is 2.16. The maximum absolute atomic E-state index is 6.20. The van der Waals surface area contributed by atoms with Crippen LogP contribution in [0.4, 0.5) is 0 Å². The first-order valence-electron chi connectivity index (χ1n) is 4.00. The van der Waals surface area contributed by atoms with Crippen molar-refractivity contribution in [3.05, 3.63) is 37.9 Å². The highest BCUT2D eigenvalue weighted by Crippen LogP contribution is 2.33. The van der Waals surface area contributed by atoms with E-state index in [0.29, 0.717) is 5.02 Å². The first-order chi connectivity index (χ1) is 6.59. The average molecular weight is 335 g/mol. The highest BCUT2D eigenvalue weighted by atomic mass is 79.9. The summed E-state index contributed by atoms with van der Waals surface area (Å²) < 4.78 is 1.87. The van der Waals surface area contributed by atoms with Crippen LogP contribution in [0.2, 0.25) is 5.02 Å². The zero-order valence-corrected chi connectivity index (χ0v) is 11.2. The highest BCUT2D eigenvalue weighted by molar-refractivity contribution is 9.10. The van der Waals surface area contributed by atoms with Gasteiger partial charge in [0.1, 0.15) is 0 Å². The molecule has 0 fully saturated rings. The number of aromatic nitrogens is 1. The molecule has 14 heavy (non-hydrogen) atoms. The van der Waals surface area contributed by atoms with Gasteiger partial charge in [0.25, 0.3) is 0 Å². The van der Waals surface area contributed by atoms with E-state index in [9.17, 15) is 0 Å². The quantitative estimate of drug-likeness (QED) is 0.679. The van der Waals surface area contributed by atoms with Gasteiger partial charge in [-0.2, -0.15) is 0 Å². The van der Waals surface area contributed by atoms with E-state index in [1.54, 1.807) is 0 Å². The minimum absolute atomic E-state index is 0.716. The fourth-order valence-corrected chi connectivity index (χ4v) is 2.24. The van der Waals surface area contributed by atoms with Crippen LogP contribution in [0.1, 0.15) is 5.69 Å². The summed E-state index contributed by atoms with van der Waals surface area (Å²) >= 11 is 13.0. The first kappa shape index (κ1) is 10.4. The van der Waals surface area contributed by atoms with Gasteiger partial charge in [-0.15, -0.1) is 0 Å².